The minimum atomic E-state index is -3.25. The smallest absolute Gasteiger partial charge is 0.213 e. The highest BCUT2D eigenvalue weighted by Gasteiger charge is 2.08. The molecule has 0 saturated carbocycles. The molecular formula is C9H15N3O2S. The van der Waals surface area contributed by atoms with Gasteiger partial charge in [-0.25, -0.2) is 13.1 Å². The van der Waals surface area contributed by atoms with Gasteiger partial charge in [-0.05, 0) is 24.1 Å². The quantitative estimate of drug-likeness (QED) is 0.730. The van der Waals surface area contributed by atoms with Gasteiger partial charge in [0.15, 0.2) is 0 Å². The summed E-state index contributed by atoms with van der Waals surface area (Å²) in [5, 5.41) is 0. The molecule has 1 aromatic rings. The van der Waals surface area contributed by atoms with Crippen molar-refractivity contribution in [2.45, 2.75) is 13.5 Å². The Labute approximate surface area is 89.8 Å². The average Bonchev–Trinajstić information content (AvgIpc) is 2.16. The van der Waals surface area contributed by atoms with Crippen molar-refractivity contribution in [1.29, 1.82) is 0 Å². The van der Waals surface area contributed by atoms with Crippen LogP contribution in [-0.2, 0) is 16.6 Å². The third kappa shape index (κ3) is 3.94. The molecule has 0 aliphatic heterocycles. The van der Waals surface area contributed by atoms with Crippen LogP contribution in [0.1, 0.15) is 11.1 Å². The molecule has 0 amide bonds. The molecule has 1 rings (SSSR count). The van der Waals surface area contributed by atoms with Crippen LogP contribution in [0.5, 0.6) is 0 Å². The second-order valence-electron chi connectivity index (χ2n) is 3.23. The van der Waals surface area contributed by atoms with Crippen molar-refractivity contribution in [3.63, 3.8) is 0 Å². The second kappa shape index (κ2) is 5.20. The summed E-state index contributed by atoms with van der Waals surface area (Å²) in [6, 6.07) is 1.84. The number of nitrogens with one attached hydrogen (secondary N) is 1. The van der Waals surface area contributed by atoms with E-state index in [4.69, 9.17) is 5.73 Å². The molecule has 15 heavy (non-hydrogen) atoms. The second-order valence-corrected chi connectivity index (χ2v) is 5.16. The van der Waals surface area contributed by atoms with E-state index in [0.29, 0.717) is 0 Å². The number of sulfonamides is 1. The van der Waals surface area contributed by atoms with Crippen LogP contribution in [0.2, 0.25) is 0 Å². The van der Waals surface area contributed by atoms with E-state index in [1.54, 1.807) is 12.4 Å². The summed E-state index contributed by atoms with van der Waals surface area (Å²) in [6.45, 7) is 2.30. The third-order valence-corrected chi connectivity index (χ3v) is 3.37. The van der Waals surface area contributed by atoms with Crippen LogP contribution in [0.25, 0.3) is 0 Å². The Balaban J connectivity index is 2.62. The number of aromatic nitrogens is 1. The topological polar surface area (TPSA) is 85.1 Å². The minimum Gasteiger partial charge on any atom is -0.329 e. The van der Waals surface area contributed by atoms with Gasteiger partial charge in [-0.2, -0.15) is 0 Å². The van der Waals surface area contributed by atoms with Gasteiger partial charge in [0.25, 0.3) is 0 Å². The molecule has 0 aromatic carbocycles. The van der Waals surface area contributed by atoms with Crippen molar-refractivity contribution in [3.8, 4) is 0 Å². The number of hydrogen-bond acceptors (Lipinski definition) is 4. The van der Waals surface area contributed by atoms with Crippen molar-refractivity contribution in [1.82, 2.24) is 9.71 Å². The van der Waals surface area contributed by atoms with Crippen molar-refractivity contribution in [2.24, 2.45) is 5.73 Å². The van der Waals surface area contributed by atoms with E-state index in [9.17, 15) is 8.42 Å². The van der Waals surface area contributed by atoms with Gasteiger partial charge in [0.05, 0.1) is 5.75 Å². The predicted molar refractivity (Wildman–Crippen MR) is 58.7 cm³/mol. The van der Waals surface area contributed by atoms with Gasteiger partial charge < -0.3 is 5.73 Å². The van der Waals surface area contributed by atoms with Gasteiger partial charge >= 0.3 is 0 Å². The molecular weight excluding hydrogens is 214 g/mol. The Bertz CT molecular complexity index is 417. The first-order valence-corrected chi connectivity index (χ1v) is 6.27. The first-order chi connectivity index (χ1) is 7.05. The van der Waals surface area contributed by atoms with Crippen molar-refractivity contribution < 1.29 is 8.42 Å². The van der Waals surface area contributed by atoms with E-state index in [1.807, 2.05) is 13.0 Å². The van der Waals surface area contributed by atoms with Crippen molar-refractivity contribution >= 4 is 10.0 Å². The Morgan fingerprint density at radius 3 is 2.87 bits per heavy atom. The maximum Gasteiger partial charge on any atom is 0.213 e. The van der Waals surface area contributed by atoms with Crippen LogP contribution >= 0.6 is 0 Å². The molecule has 0 aliphatic carbocycles. The predicted octanol–water partition coefficient (Wildman–Crippen LogP) is -0.232. The third-order valence-electron chi connectivity index (χ3n) is 2.02. The van der Waals surface area contributed by atoms with Crippen LogP contribution < -0.4 is 10.5 Å². The summed E-state index contributed by atoms with van der Waals surface area (Å²) >= 11 is 0. The lowest BCUT2D eigenvalue weighted by molar-refractivity contribution is 0.581. The van der Waals surface area contributed by atoms with Gasteiger partial charge in [-0.3, -0.25) is 4.98 Å². The zero-order valence-corrected chi connectivity index (χ0v) is 9.42. The molecule has 5 nitrogen and oxygen atoms in total. The Kier molecular flexibility index (Phi) is 4.19. The highest BCUT2D eigenvalue weighted by atomic mass is 32.2. The summed E-state index contributed by atoms with van der Waals surface area (Å²) in [5.74, 6) is -0.0493. The Morgan fingerprint density at radius 1 is 1.53 bits per heavy atom. The summed E-state index contributed by atoms with van der Waals surface area (Å²) in [5.41, 5.74) is 7.07. The standard InChI is InChI=1S/C9H15N3O2S/c1-8-2-4-11-6-9(8)7-12-15(13,14)5-3-10/h2,4,6,12H,3,5,7,10H2,1H3. The fourth-order valence-corrected chi connectivity index (χ4v) is 1.93. The number of hydrogen-bond donors (Lipinski definition) is 2. The molecule has 0 unspecified atom stereocenters. The van der Waals surface area contributed by atoms with E-state index in [2.05, 4.69) is 9.71 Å². The van der Waals surface area contributed by atoms with E-state index in [1.165, 1.54) is 0 Å². The molecule has 0 atom stereocenters. The molecule has 0 saturated heterocycles. The maximum atomic E-state index is 11.3. The van der Waals surface area contributed by atoms with Crippen LogP contribution in [-0.4, -0.2) is 25.7 Å². The summed E-state index contributed by atoms with van der Waals surface area (Å²) in [6.07, 6.45) is 3.33. The van der Waals surface area contributed by atoms with E-state index in [0.717, 1.165) is 11.1 Å². The fraction of sp³-hybridized carbons (Fsp3) is 0.444. The van der Waals surface area contributed by atoms with Crippen LogP contribution in [0.3, 0.4) is 0 Å². The molecule has 0 aliphatic rings. The molecule has 0 spiro atoms. The number of rotatable bonds is 5. The molecule has 1 aromatic heterocycles. The average molecular weight is 229 g/mol. The number of pyridine rings is 1. The Hall–Kier alpha value is -0.980. The van der Waals surface area contributed by atoms with E-state index >= 15 is 0 Å². The first-order valence-electron chi connectivity index (χ1n) is 4.62. The first kappa shape index (κ1) is 12.1. The molecule has 1 heterocycles. The van der Waals surface area contributed by atoms with Gasteiger partial charge in [0.1, 0.15) is 0 Å². The van der Waals surface area contributed by atoms with Gasteiger partial charge in [-0.15, -0.1) is 0 Å². The largest absolute Gasteiger partial charge is 0.329 e. The number of aryl methyl sites for hydroxylation is 1. The van der Waals surface area contributed by atoms with Crippen LogP contribution in [0.15, 0.2) is 18.5 Å². The van der Waals surface area contributed by atoms with Gasteiger partial charge in [0.2, 0.25) is 10.0 Å². The molecule has 0 radical (unpaired) electrons. The van der Waals surface area contributed by atoms with Gasteiger partial charge in [-0.1, -0.05) is 0 Å². The minimum absolute atomic E-state index is 0.0493. The molecule has 84 valence electrons. The Morgan fingerprint density at radius 2 is 2.27 bits per heavy atom. The lowest BCUT2D eigenvalue weighted by Gasteiger charge is -2.07. The highest BCUT2D eigenvalue weighted by Crippen LogP contribution is 2.04. The van der Waals surface area contributed by atoms with Crippen LogP contribution in [0, 0.1) is 6.92 Å². The van der Waals surface area contributed by atoms with Crippen LogP contribution in [0.4, 0.5) is 0 Å². The molecule has 0 bridgehead atoms. The number of nitrogens with zero attached hydrogens (tertiary/aromatic N) is 1. The van der Waals surface area contributed by atoms with E-state index in [-0.39, 0.29) is 18.8 Å². The van der Waals surface area contributed by atoms with Crippen molar-refractivity contribution in [3.05, 3.63) is 29.6 Å². The zero-order chi connectivity index (χ0) is 11.3. The monoisotopic (exact) mass is 229 g/mol. The number of nitrogens with two attached hydrogens (primary N) is 1. The highest BCUT2D eigenvalue weighted by molar-refractivity contribution is 7.89. The SMILES string of the molecule is Cc1ccncc1CNS(=O)(=O)CCN. The normalized spacial score (nSPS) is 11.6. The fourth-order valence-electron chi connectivity index (χ4n) is 1.10. The lowest BCUT2D eigenvalue weighted by Crippen LogP contribution is -2.29. The summed E-state index contributed by atoms with van der Waals surface area (Å²) in [4.78, 5) is 3.93. The maximum absolute atomic E-state index is 11.3. The molecule has 0 fully saturated rings. The summed E-state index contributed by atoms with van der Waals surface area (Å²) in [7, 11) is -3.25. The van der Waals surface area contributed by atoms with Crippen molar-refractivity contribution in [2.75, 3.05) is 12.3 Å². The van der Waals surface area contributed by atoms with E-state index < -0.39 is 10.0 Å². The molecule has 3 N–H and O–H groups in total. The lowest BCUT2D eigenvalue weighted by atomic mass is 10.2. The van der Waals surface area contributed by atoms with Gasteiger partial charge in [0, 0.05) is 25.5 Å². The molecule has 6 heteroatoms. The zero-order valence-electron chi connectivity index (χ0n) is 8.60. The summed E-state index contributed by atoms with van der Waals surface area (Å²) < 4.78 is 25.1.